The second kappa shape index (κ2) is 19.8. The van der Waals surface area contributed by atoms with Crippen LogP contribution in [-0.2, 0) is 24.4 Å². The Balaban J connectivity index is 0.00000580. The fourth-order valence-corrected chi connectivity index (χ4v) is 6.65. The summed E-state index contributed by atoms with van der Waals surface area (Å²) in [6.45, 7) is 15.3. The number of amides is 1. The Morgan fingerprint density at radius 2 is 1.47 bits per heavy atom. The number of carbonyl (C=O) groups excluding carboxylic acids is 1. The summed E-state index contributed by atoms with van der Waals surface area (Å²) >= 11 is 6.71. The Labute approximate surface area is 341 Å². The van der Waals surface area contributed by atoms with Crippen molar-refractivity contribution in [3.63, 3.8) is 0 Å². The van der Waals surface area contributed by atoms with Crippen LogP contribution in [0.4, 0.5) is 0 Å². The summed E-state index contributed by atoms with van der Waals surface area (Å²) in [6.07, 6.45) is 4.21. The molecule has 2 heterocycles. The van der Waals surface area contributed by atoms with Gasteiger partial charge in [-0.2, -0.15) is 0 Å². The second-order valence-electron chi connectivity index (χ2n) is 14.4. The lowest BCUT2D eigenvalue weighted by Gasteiger charge is -2.34. The van der Waals surface area contributed by atoms with E-state index in [9.17, 15) is 4.79 Å². The third-order valence-electron chi connectivity index (χ3n) is 9.79. The van der Waals surface area contributed by atoms with E-state index < -0.39 is 0 Å². The molecular weight excluding hydrogens is 774 g/mol. The number of carbonyl (C=O) groups is 1. The molecule has 1 aliphatic rings. The van der Waals surface area contributed by atoms with Gasteiger partial charge < -0.3 is 19.1 Å². The van der Waals surface area contributed by atoms with E-state index in [2.05, 4.69) is 103 Å². The van der Waals surface area contributed by atoms with Gasteiger partial charge in [0.15, 0.2) is 5.75 Å². The van der Waals surface area contributed by atoms with Crippen LogP contribution in [0.25, 0.3) is 5.57 Å². The van der Waals surface area contributed by atoms with Crippen LogP contribution < -0.4 is 14.2 Å². The van der Waals surface area contributed by atoms with Crippen LogP contribution in [0.3, 0.4) is 0 Å². The number of nitrogens with zero attached hydrogens (tertiary/aromatic N) is 3. The quantitative estimate of drug-likeness (QED) is 0.104. The maximum absolute atomic E-state index is 13.3. The normalized spacial score (nSPS) is 13.4. The molecule has 1 aromatic heterocycles. The molecule has 0 unspecified atom stereocenters. The molecule has 5 aromatic rings. The molecule has 1 amide bonds. The molecule has 0 spiro atoms. The molecule has 9 heteroatoms. The number of benzene rings is 4. The van der Waals surface area contributed by atoms with E-state index in [0.717, 1.165) is 54.1 Å². The van der Waals surface area contributed by atoms with Gasteiger partial charge in [0.25, 0.3) is 0 Å². The molecule has 4 aromatic carbocycles. The SMILES string of the molecule is Br.CC(=CC(=O)N1CCN(Cc2ccc(CCOc3ccc(C(C)C)cc3)cc2)CC1)c1cc(C)c(Oc2ccc(OCc3ccc(C)cc3)cn2)c(Cl)c1. The van der Waals surface area contributed by atoms with E-state index in [4.69, 9.17) is 25.8 Å². The monoisotopic (exact) mass is 823 g/mol. The standard InChI is InChI=1S/C46H50ClN3O4.BrH/c1-32(2)39-14-16-41(17-15-39)52-25-20-36-10-12-37(13-11-36)30-49-21-23-50(24-22-49)45(51)27-34(4)40-26-35(5)46(43(47)28-40)54-44-19-18-42(29-48-44)53-31-38-8-6-33(3)7-9-38;/h6-19,26-29,32H,20-25,30-31H2,1-5H3;1H. The zero-order chi connectivity index (χ0) is 38.0. The van der Waals surface area contributed by atoms with Gasteiger partial charge in [0, 0.05) is 51.3 Å². The topological polar surface area (TPSA) is 64.1 Å². The Morgan fingerprint density at radius 1 is 0.818 bits per heavy atom. The summed E-state index contributed by atoms with van der Waals surface area (Å²) in [5, 5.41) is 0.453. The van der Waals surface area contributed by atoms with Crippen LogP contribution in [0.2, 0.25) is 5.02 Å². The van der Waals surface area contributed by atoms with Crippen molar-refractivity contribution in [3.8, 4) is 23.1 Å². The summed E-state index contributed by atoms with van der Waals surface area (Å²) in [6, 6.07) is 32.8. The van der Waals surface area contributed by atoms with Gasteiger partial charge in [-0.15, -0.1) is 17.0 Å². The summed E-state index contributed by atoms with van der Waals surface area (Å²) in [4.78, 5) is 22.0. The zero-order valence-electron chi connectivity index (χ0n) is 32.4. The molecule has 0 N–H and O–H groups in total. The van der Waals surface area contributed by atoms with Crippen LogP contribution in [0.5, 0.6) is 23.1 Å². The van der Waals surface area contributed by atoms with E-state index in [1.54, 1.807) is 18.3 Å². The average molecular weight is 825 g/mol. The molecule has 0 saturated carbocycles. The van der Waals surface area contributed by atoms with Gasteiger partial charge in [-0.25, -0.2) is 4.98 Å². The first-order valence-electron chi connectivity index (χ1n) is 18.7. The maximum Gasteiger partial charge on any atom is 0.246 e. The fourth-order valence-electron chi connectivity index (χ4n) is 6.35. The number of piperazine rings is 1. The van der Waals surface area contributed by atoms with E-state index in [-0.39, 0.29) is 22.9 Å². The van der Waals surface area contributed by atoms with Gasteiger partial charge in [-0.3, -0.25) is 9.69 Å². The largest absolute Gasteiger partial charge is 0.493 e. The number of aryl methyl sites for hydroxylation is 2. The highest BCUT2D eigenvalue weighted by Gasteiger charge is 2.21. The van der Waals surface area contributed by atoms with Gasteiger partial charge in [0.05, 0.1) is 17.8 Å². The zero-order valence-corrected chi connectivity index (χ0v) is 34.9. The van der Waals surface area contributed by atoms with E-state index in [0.29, 0.717) is 54.6 Å². The Morgan fingerprint density at radius 3 is 2.11 bits per heavy atom. The van der Waals surface area contributed by atoms with Crippen molar-refractivity contribution < 1.29 is 19.0 Å². The number of rotatable bonds is 14. The lowest BCUT2D eigenvalue weighted by Crippen LogP contribution is -2.47. The minimum absolute atomic E-state index is 0. The summed E-state index contributed by atoms with van der Waals surface area (Å²) < 4.78 is 17.9. The number of hydrogen-bond donors (Lipinski definition) is 0. The lowest BCUT2D eigenvalue weighted by atomic mass is 10.0. The first-order valence-corrected chi connectivity index (χ1v) is 19.1. The van der Waals surface area contributed by atoms with Crippen molar-refractivity contribution >= 4 is 40.1 Å². The van der Waals surface area contributed by atoms with Crippen LogP contribution in [0, 0.1) is 13.8 Å². The van der Waals surface area contributed by atoms with Crippen LogP contribution in [0.1, 0.15) is 65.6 Å². The smallest absolute Gasteiger partial charge is 0.246 e. The van der Waals surface area contributed by atoms with E-state index in [1.807, 2.05) is 36.9 Å². The number of pyridine rings is 1. The minimum atomic E-state index is 0. The van der Waals surface area contributed by atoms with Gasteiger partial charge in [-0.05, 0) is 96.0 Å². The second-order valence-corrected chi connectivity index (χ2v) is 14.8. The molecule has 1 aliphatic heterocycles. The molecule has 1 saturated heterocycles. The van der Waals surface area contributed by atoms with Crippen molar-refractivity contribution in [1.82, 2.24) is 14.8 Å². The van der Waals surface area contributed by atoms with Crippen LogP contribution in [0.15, 0.2) is 109 Å². The molecule has 6 rings (SSSR count). The van der Waals surface area contributed by atoms with Crippen molar-refractivity contribution in [2.45, 2.75) is 60.1 Å². The van der Waals surface area contributed by atoms with Gasteiger partial charge in [-0.1, -0.05) is 91.7 Å². The Kier molecular flexibility index (Phi) is 15.0. The fraction of sp³-hybridized carbons (Fsp3) is 0.304. The van der Waals surface area contributed by atoms with Gasteiger partial charge >= 0.3 is 0 Å². The van der Waals surface area contributed by atoms with Crippen LogP contribution in [-0.4, -0.2) is 53.5 Å². The number of aromatic nitrogens is 1. The van der Waals surface area contributed by atoms with Crippen LogP contribution >= 0.6 is 28.6 Å². The maximum atomic E-state index is 13.3. The summed E-state index contributed by atoms with van der Waals surface area (Å²) in [7, 11) is 0. The average Bonchev–Trinajstić information content (AvgIpc) is 3.17. The first kappa shape index (κ1) is 41.5. The Hall–Kier alpha value is -4.63. The number of hydrogen-bond acceptors (Lipinski definition) is 6. The molecule has 0 bridgehead atoms. The highest BCUT2D eigenvalue weighted by molar-refractivity contribution is 8.93. The van der Waals surface area contributed by atoms with Crippen molar-refractivity contribution in [1.29, 1.82) is 0 Å². The first-order chi connectivity index (χ1) is 26.1. The van der Waals surface area contributed by atoms with E-state index >= 15 is 0 Å². The van der Waals surface area contributed by atoms with E-state index in [1.165, 1.54) is 22.3 Å². The molecule has 288 valence electrons. The summed E-state index contributed by atoms with van der Waals surface area (Å²) in [5.74, 6) is 3.04. The number of ether oxygens (including phenoxy) is 3. The predicted octanol–water partition coefficient (Wildman–Crippen LogP) is 10.8. The molecule has 55 heavy (non-hydrogen) atoms. The predicted molar refractivity (Wildman–Crippen MR) is 228 cm³/mol. The van der Waals surface area contributed by atoms with Crippen molar-refractivity contribution in [2.75, 3.05) is 32.8 Å². The Bertz CT molecular complexity index is 2000. The molecular formula is C46H51BrClN3O4. The number of allylic oxidation sites excluding steroid dienone is 1. The summed E-state index contributed by atoms with van der Waals surface area (Å²) in [5.41, 5.74) is 8.73. The minimum Gasteiger partial charge on any atom is -0.493 e. The molecule has 1 fully saturated rings. The van der Waals surface area contributed by atoms with Gasteiger partial charge in [0.2, 0.25) is 11.8 Å². The molecule has 0 atom stereocenters. The van der Waals surface area contributed by atoms with Crippen molar-refractivity contribution in [3.05, 3.63) is 153 Å². The molecule has 0 aliphatic carbocycles. The van der Waals surface area contributed by atoms with Crippen molar-refractivity contribution in [2.24, 2.45) is 0 Å². The molecule has 0 radical (unpaired) electrons. The van der Waals surface area contributed by atoms with Gasteiger partial charge in [0.1, 0.15) is 18.1 Å². The third kappa shape index (κ3) is 11.9. The number of halogens is 2. The highest BCUT2D eigenvalue weighted by atomic mass is 79.9. The highest BCUT2D eigenvalue weighted by Crippen LogP contribution is 2.35. The third-order valence-corrected chi connectivity index (χ3v) is 10.1. The molecule has 7 nitrogen and oxygen atoms in total. The lowest BCUT2D eigenvalue weighted by molar-refractivity contribution is -0.127.